The maximum Gasteiger partial charge on any atom is 0.339 e. The molecule has 0 bridgehead atoms. The summed E-state index contributed by atoms with van der Waals surface area (Å²) in [5, 5.41) is 4.08. The summed E-state index contributed by atoms with van der Waals surface area (Å²) in [6, 6.07) is 33.2. The highest BCUT2D eigenvalue weighted by Crippen LogP contribution is 2.32. The molecule has 42 heavy (non-hydrogen) atoms. The molecule has 5 aromatic rings. The van der Waals surface area contributed by atoms with E-state index in [0.29, 0.717) is 12.1 Å². The highest BCUT2D eigenvalue weighted by atomic mass is 16.5. The van der Waals surface area contributed by atoms with Crippen molar-refractivity contribution in [3.05, 3.63) is 133 Å². The second-order valence-electron chi connectivity index (χ2n) is 10.3. The zero-order valence-electron chi connectivity index (χ0n) is 24.1. The molecule has 0 unspecified atom stereocenters. The Morgan fingerprint density at radius 1 is 0.810 bits per heavy atom. The fourth-order valence-electron chi connectivity index (χ4n) is 5.01. The Hall–Kier alpha value is -4.96. The quantitative estimate of drug-likeness (QED) is 0.124. The first kappa shape index (κ1) is 28.6. The zero-order chi connectivity index (χ0) is 29.3. The number of fused-ring (bicyclic) bond motifs is 1. The smallest absolute Gasteiger partial charge is 0.339 e. The van der Waals surface area contributed by atoms with Gasteiger partial charge in [-0.15, -0.1) is 6.58 Å². The van der Waals surface area contributed by atoms with E-state index in [1.54, 1.807) is 6.08 Å². The highest BCUT2D eigenvalue weighted by molar-refractivity contribution is 6.05. The molecule has 0 spiro atoms. The van der Waals surface area contributed by atoms with E-state index >= 15 is 0 Å². The standard InChI is InChI=1S/C38H36N2O2/c1-4-7-9-27-12-14-28(15-13-27)29-16-18-30(19-17-29)37-26-35(38(41)42-23-6-3)34-25-32(20-21-36(34)40-37)31-10-8-11-33(24-31)39-22-5-2/h5-6,8,10-21,24-26,39H,2-4,7,9,22-23H2,1H3. The molecule has 0 aliphatic rings. The summed E-state index contributed by atoms with van der Waals surface area (Å²) in [5.74, 6) is -0.401. The fraction of sp³-hybridized carbons (Fsp3) is 0.158. The van der Waals surface area contributed by atoms with Crippen LogP contribution < -0.4 is 5.32 Å². The number of ether oxygens (including phenoxy) is 1. The molecule has 4 aromatic carbocycles. The minimum Gasteiger partial charge on any atom is -0.458 e. The van der Waals surface area contributed by atoms with Gasteiger partial charge in [-0.2, -0.15) is 0 Å². The third-order valence-electron chi connectivity index (χ3n) is 7.29. The summed E-state index contributed by atoms with van der Waals surface area (Å²) in [6.07, 6.45) is 6.92. The van der Waals surface area contributed by atoms with Crippen LogP contribution in [0.2, 0.25) is 0 Å². The molecular formula is C38H36N2O2. The largest absolute Gasteiger partial charge is 0.458 e. The number of esters is 1. The van der Waals surface area contributed by atoms with Crippen LogP contribution in [0.1, 0.15) is 35.7 Å². The van der Waals surface area contributed by atoms with E-state index in [9.17, 15) is 4.79 Å². The average Bonchev–Trinajstić information content (AvgIpc) is 3.05. The summed E-state index contributed by atoms with van der Waals surface area (Å²) in [6.45, 7) is 10.5. The van der Waals surface area contributed by atoms with Crippen LogP contribution in [0.4, 0.5) is 5.69 Å². The SMILES string of the molecule is C=CCNc1cccc(-c2ccc3nc(-c4ccc(-c5ccc(CCCC)cc5)cc4)cc(C(=O)OCC=C)c3c2)c1. The summed E-state index contributed by atoms with van der Waals surface area (Å²) in [4.78, 5) is 18.2. The Labute approximate surface area is 248 Å². The lowest BCUT2D eigenvalue weighted by molar-refractivity contribution is 0.0552. The minimum absolute atomic E-state index is 0.140. The second kappa shape index (κ2) is 13.6. The third-order valence-corrected chi connectivity index (χ3v) is 7.29. The average molecular weight is 553 g/mol. The Bertz CT molecular complexity index is 1700. The van der Waals surface area contributed by atoms with Gasteiger partial charge in [-0.05, 0) is 71.0 Å². The molecule has 0 atom stereocenters. The van der Waals surface area contributed by atoms with Crippen LogP contribution >= 0.6 is 0 Å². The number of aromatic nitrogens is 1. The van der Waals surface area contributed by atoms with Crippen LogP contribution in [-0.4, -0.2) is 24.1 Å². The maximum atomic E-state index is 13.2. The normalized spacial score (nSPS) is 10.8. The summed E-state index contributed by atoms with van der Waals surface area (Å²) in [5.41, 5.74) is 9.58. The van der Waals surface area contributed by atoms with Crippen LogP contribution in [0.15, 0.2) is 122 Å². The van der Waals surface area contributed by atoms with E-state index in [1.165, 1.54) is 24.0 Å². The van der Waals surface area contributed by atoms with Gasteiger partial charge in [-0.25, -0.2) is 9.78 Å². The number of benzene rings is 4. The predicted octanol–water partition coefficient (Wildman–Crippen LogP) is 9.52. The Morgan fingerprint density at radius 3 is 2.21 bits per heavy atom. The van der Waals surface area contributed by atoms with Crippen molar-refractivity contribution in [3.8, 4) is 33.5 Å². The van der Waals surface area contributed by atoms with Crippen molar-refractivity contribution < 1.29 is 9.53 Å². The number of hydrogen-bond donors (Lipinski definition) is 1. The van der Waals surface area contributed by atoms with Gasteiger partial charge < -0.3 is 10.1 Å². The molecule has 1 N–H and O–H groups in total. The van der Waals surface area contributed by atoms with Crippen molar-refractivity contribution in [2.24, 2.45) is 0 Å². The van der Waals surface area contributed by atoms with E-state index in [-0.39, 0.29) is 6.61 Å². The summed E-state index contributed by atoms with van der Waals surface area (Å²) < 4.78 is 5.49. The Morgan fingerprint density at radius 2 is 1.50 bits per heavy atom. The van der Waals surface area contributed by atoms with Gasteiger partial charge in [0.05, 0.1) is 16.8 Å². The van der Waals surface area contributed by atoms with E-state index in [4.69, 9.17) is 9.72 Å². The number of aryl methyl sites for hydroxylation is 1. The first-order chi connectivity index (χ1) is 20.6. The van der Waals surface area contributed by atoms with Crippen molar-refractivity contribution in [1.29, 1.82) is 0 Å². The number of nitrogens with zero attached hydrogens (tertiary/aromatic N) is 1. The number of nitrogens with one attached hydrogen (secondary N) is 1. The molecule has 0 amide bonds. The molecule has 0 aliphatic carbocycles. The topological polar surface area (TPSA) is 51.2 Å². The van der Waals surface area contributed by atoms with Crippen LogP contribution in [-0.2, 0) is 11.2 Å². The molecule has 1 heterocycles. The van der Waals surface area contributed by atoms with Gasteiger partial charge in [0.15, 0.2) is 0 Å². The lowest BCUT2D eigenvalue weighted by atomic mass is 9.97. The molecule has 0 fully saturated rings. The first-order valence-corrected chi connectivity index (χ1v) is 14.5. The summed E-state index contributed by atoms with van der Waals surface area (Å²) in [7, 11) is 0. The number of hydrogen-bond acceptors (Lipinski definition) is 4. The molecule has 1 aromatic heterocycles. The van der Waals surface area contributed by atoms with Gasteiger partial charge in [0.2, 0.25) is 0 Å². The first-order valence-electron chi connectivity index (χ1n) is 14.5. The molecule has 0 radical (unpaired) electrons. The Balaban J connectivity index is 1.49. The van der Waals surface area contributed by atoms with Crippen LogP contribution in [0, 0.1) is 0 Å². The number of rotatable bonds is 12. The number of pyridine rings is 1. The minimum atomic E-state index is -0.401. The van der Waals surface area contributed by atoms with E-state index in [2.05, 4.69) is 86.1 Å². The third kappa shape index (κ3) is 6.67. The van der Waals surface area contributed by atoms with Gasteiger partial charge in [0.1, 0.15) is 6.61 Å². The van der Waals surface area contributed by atoms with E-state index in [1.807, 2.05) is 42.5 Å². The van der Waals surface area contributed by atoms with E-state index in [0.717, 1.165) is 51.0 Å². The summed E-state index contributed by atoms with van der Waals surface area (Å²) >= 11 is 0. The van der Waals surface area contributed by atoms with Crippen molar-refractivity contribution in [3.63, 3.8) is 0 Å². The van der Waals surface area contributed by atoms with Crippen molar-refractivity contribution in [1.82, 2.24) is 4.98 Å². The molecule has 210 valence electrons. The van der Waals surface area contributed by atoms with Crippen molar-refractivity contribution in [2.45, 2.75) is 26.2 Å². The molecule has 0 aliphatic heterocycles. The molecular weight excluding hydrogens is 516 g/mol. The number of carbonyl (C=O) groups excluding carboxylic acids is 1. The molecule has 5 rings (SSSR count). The van der Waals surface area contributed by atoms with Gasteiger partial charge in [-0.3, -0.25) is 0 Å². The lowest BCUT2D eigenvalue weighted by Gasteiger charge is -2.12. The van der Waals surface area contributed by atoms with Crippen molar-refractivity contribution >= 4 is 22.6 Å². The number of anilines is 1. The maximum absolute atomic E-state index is 13.2. The van der Waals surface area contributed by atoms with Gasteiger partial charge in [-0.1, -0.05) is 98.8 Å². The fourth-order valence-corrected chi connectivity index (χ4v) is 5.01. The molecule has 4 heteroatoms. The Kier molecular flexibility index (Phi) is 9.25. The molecule has 0 saturated heterocycles. The lowest BCUT2D eigenvalue weighted by Crippen LogP contribution is -2.07. The van der Waals surface area contributed by atoms with E-state index < -0.39 is 5.97 Å². The van der Waals surface area contributed by atoms with Crippen LogP contribution in [0.3, 0.4) is 0 Å². The second-order valence-corrected chi connectivity index (χ2v) is 10.3. The highest BCUT2D eigenvalue weighted by Gasteiger charge is 2.16. The zero-order valence-corrected chi connectivity index (χ0v) is 24.1. The molecule has 0 saturated carbocycles. The number of unbranched alkanes of at least 4 members (excludes halogenated alkanes) is 1. The predicted molar refractivity (Wildman–Crippen MR) is 176 cm³/mol. The van der Waals surface area contributed by atoms with Gasteiger partial charge >= 0.3 is 5.97 Å². The van der Waals surface area contributed by atoms with Crippen LogP contribution in [0.5, 0.6) is 0 Å². The molecule has 4 nitrogen and oxygen atoms in total. The van der Waals surface area contributed by atoms with Crippen molar-refractivity contribution in [2.75, 3.05) is 18.5 Å². The van der Waals surface area contributed by atoms with Gasteiger partial charge in [0, 0.05) is 23.2 Å². The monoisotopic (exact) mass is 552 g/mol. The number of carbonyl (C=O) groups is 1. The van der Waals surface area contributed by atoms with Crippen LogP contribution in [0.25, 0.3) is 44.4 Å². The van der Waals surface area contributed by atoms with Gasteiger partial charge in [0.25, 0.3) is 0 Å².